The van der Waals surface area contributed by atoms with Crippen LogP contribution in [0.25, 0.3) is 11.1 Å². The van der Waals surface area contributed by atoms with Crippen molar-refractivity contribution in [1.82, 2.24) is 9.80 Å². The van der Waals surface area contributed by atoms with Crippen molar-refractivity contribution in [2.45, 2.75) is 18.9 Å². The van der Waals surface area contributed by atoms with E-state index in [0.717, 1.165) is 50.1 Å². The first-order valence-electron chi connectivity index (χ1n) is 9.07. The van der Waals surface area contributed by atoms with Gasteiger partial charge < -0.3 is 10.6 Å². The average Bonchev–Trinajstić information content (AvgIpc) is 3.15. The number of nitrogens with zero attached hydrogens (tertiary/aromatic N) is 2. The van der Waals surface area contributed by atoms with Crippen LogP contribution in [-0.4, -0.2) is 53.8 Å². The smallest absolute Gasteiger partial charge is 0.253 e. The molecule has 1 aromatic carbocycles. The first kappa shape index (κ1) is 17.2. The van der Waals surface area contributed by atoms with Crippen molar-refractivity contribution >= 4 is 23.2 Å². The fourth-order valence-electron chi connectivity index (χ4n) is 3.82. The first-order valence-corrected chi connectivity index (χ1v) is 10.0. The molecule has 2 aliphatic rings. The molecule has 2 saturated heterocycles. The Labute approximate surface area is 157 Å². The molecule has 0 aliphatic carbocycles. The first-order chi connectivity index (χ1) is 12.6. The van der Waals surface area contributed by atoms with E-state index < -0.39 is 0 Å². The molecule has 1 aromatic heterocycles. The van der Waals surface area contributed by atoms with Gasteiger partial charge in [0.2, 0.25) is 5.91 Å². The van der Waals surface area contributed by atoms with Gasteiger partial charge in [-0.25, -0.2) is 0 Å². The summed E-state index contributed by atoms with van der Waals surface area (Å²) in [6, 6.07) is 10.4. The zero-order valence-corrected chi connectivity index (χ0v) is 15.5. The van der Waals surface area contributed by atoms with Gasteiger partial charge in [0.05, 0.1) is 0 Å². The molecule has 0 radical (unpaired) electrons. The SMILES string of the molecule is NC(=O)C1CCN(C2CN(C(=O)c3ccc(-c4ccsc4)cc3)C2)CC1. The van der Waals surface area contributed by atoms with Crippen molar-refractivity contribution in [2.24, 2.45) is 11.7 Å². The molecule has 136 valence electrons. The largest absolute Gasteiger partial charge is 0.369 e. The maximum Gasteiger partial charge on any atom is 0.253 e. The maximum absolute atomic E-state index is 12.6. The molecular formula is C20H23N3O2S. The van der Waals surface area contributed by atoms with Crippen LogP contribution in [0.1, 0.15) is 23.2 Å². The molecule has 3 heterocycles. The summed E-state index contributed by atoms with van der Waals surface area (Å²) in [6.07, 6.45) is 1.67. The van der Waals surface area contributed by atoms with Crippen LogP contribution < -0.4 is 5.73 Å². The summed E-state index contributed by atoms with van der Waals surface area (Å²) in [6.45, 7) is 3.34. The number of piperidine rings is 1. The minimum Gasteiger partial charge on any atom is -0.369 e. The standard InChI is InChI=1S/C20H23N3O2S/c21-19(24)15-5-8-22(9-6-15)18-11-23(12-18)20(25)16-3-1-14(2-4-16)17-7-10-26-13-17/h1-4,7,10,13,15,18H,5-6,8-9,11-12H2,(H2,21,24). The van der Waals surface area contributed by atoms with E-state index in [1.165, 1.54) is 5.56 Å². The highest BCUT2D eigenvalue weighted by atomic mass is 32.1. The molecule has 26 heavy (non-hydrogen) atoms. The van der Waals surface area contributed by atoms with Gasteiger partial charge in [-0.3, -0.25) is 14.5 Å². The molecular weight excluding hydrogens is 346 g/mol. The number of hydrogen-bond acceptors (Lipinski definition) is 4. The lowest BCUT2D eigenvalue weighted by Crippen LogP contribution is -2.62. The Bertz CT molecular complexity index is 774. The number of carbonyl (C=O) groups is 2. The number of thiophene rings is 1. The van der Waals surface area contributed by atoms with Crippen molar-refractivity contribution in [1.29, 1.82) is 0 Å². The van der Waals surface area contributed by atoms with Crippen molar-refractivity contribution in [3.8, 4) is 11.1 Å². The molecule has 2 amide bonds. The van der Waals surface area contributed by atoms with Gasteiger partial charge in [0.15, 0.2) is 0 Å². The van der Waals surface area contributed by atoms with Crippen molar-refractivity contribution in [3.05, 3.63) is 46.7 Å². The van der Waals surface area contributed by atoms with E-state index in [9.17, 15) is 9.59 Å². The zero-order valence-electron chi connectivity index (χ0n) is 14.6. The molecule has 2 aromatic rings. The summed E-state index contributed by atoms with van der Waals surface area (Å²) < 4.78 is 0. The van der Waals surface area contributed by atoms with Crippen LogP contribution in [0.5, 0.6) is 0 Å². The van der Waals surface area contributed by atoms with Crippen LogP contribution >= 0.6 is 11.3 Å². The lowest BCUT2D eigenvalue weighted by Gasteiger charge is -2.47. The number of nitrogens with two attached hydrogens (primary N) is 1. The molecule has 0 spiro atoms. The third kappa shape index (κ3) is 3.39. The number of carbonyl (C=O) groups excluding carboxylic acids is 2. The zero-order chi connectivity index (χ0) is 18.1. The van der Waals surface area contributed by atoms with E-state index in [1.54, 1.807) is 11.3 Å². The fraction of sp³-hybridized carbons (Fsp3) is 0.400. The maximum atomic E-state index is 12.6. The number of likely N-dealkylation sites (tertiary alicyclic amines) is 2. The number of benzene rings is 1. The van der Waals surface area contributed by atoms with Gasteiger partial charge in [-0.15, -0.1) is 0 Å². The second-order valence-corrected chi connectivity index (χ2v) is 7.95. The lowest BCUT2D eigenvalue weighted by molar-refractivity contribution is -0.123. The Hall–Kier alpha value is -2.18. The Kier molecular flexibility index (Phi) is 4.78. The third-order valence-electron chi connectivity index (χ3n) is 5.58. The molecule has 0 unspecified atom stereocenters. The van der Waals surface area contributed by atoms with Crippen LogP contribution in [0.4, 0.5) is 0 Å². The Morgan fingerprint density at radius 1 is 1.00 bits per heavy atom. The van der Waals surface area contributed by atoms with Crippen LogP contribution in [0, 0.1) is 5.92 Å². The molecule has 0 saturated carbocycles. The van der Waals surface area contributed by atoms with Crippen molar-refractivity contribution < 1.29 is 9.59 Å². The van der Waals surface area contributed by atoms with Gasteiger partial charge >= 0.3 is 0 Å². The van der Waals surface area contributed by atoms with Gasteiger partial charge in [-0.1, -0.05) is 12.1 Å². The highest BCUT2D eigenvalue weighted by Crippen LogP contribution is 2.26. The van der Waals surface area contributed by atoms with Crippen molar-refractivity contribution in [2.75, 3.05) is 26.2 Å². The molecule has 2 aliphatic heterocycles. The minimum atomic E-state index is -0.180. The normalized spacial score (nSPS) is 19.3. The molecule has 2 N–H and O–H groups in total. The summed E-state index contributed by atoms with van der Waals surface area (Å²) in [5.74, 6) is -0.0584. The van der Waals surface area contributed by atoms with Crippen LogP contribution in [-0.2, 0) is 4.79 Å². The third-order valence-corrected chi connectivity index (χ3v) is 6.27. The molecule has 2 fully saturated rings. The van der Waals surface area contributed by atoms with Crippen molar-refractivity contribution in [3.63, 3.8) is 0 Å². The molecule has 4 rings (SSSR count). The Balaban J connectivity index is 1.30. The summed E-state index contributed by atoms with van der Waals surface area (Å²) in [4.78, 5) is 28.2. The summed E-state index contributed by atoms with van der Waals surface area (Å²) in [5.41, 5.74) is 8.47. The highest BCUT2D eigenvalue weighted by molar-refractivity contribution is 7.08. The quantitative estimate of drug-likeness (QED) is 0.900. The second-order valence-electron chi connectivity index (χ2n) is 7.17. The van der Waals surface area contributed by atoms with Gasteiger partial charge in [-0.05, 0) is 66.0 Å². The van der Waals surface area contributed by atoms with Crippen LogP contribution in [0.3, 0.4) is 0 Å². The predicted octanol–water partition coefficient (Wildman–Crippen LogP) is 2.44. The molecule has 0 atom stereocenters. The molecule has 5 nitrogen and oxygen atoms in total. The summed E-state index contributed by atoms with van der Waals surface area (Å²) in [5, 5.41) is 4.17. The highest BCUT2D eigenvalue weighted by Gasteiger charge is 2.37. The Morgan fingerprint density at radius 2 is 1.69 bits per heavy atom. The van der Waals surface area contributed by atoms with Gasteiger partial charge in [0.1, 0.15) is 0 Å². The van der Waals surface area contributed by atoms with Crippen LogP contribution in [0.2, 0.25) is 0 Å². The minimum absolute atomic E-state index is 0.0193. The van der Waals surface area contributed by atoms with E-state index in [1.807, 2.05) is 29.2 Å². The van der Waals surface area contributed by atoms with Gasteiger partial charge in [-0.2, -0.15) is 11.3 Å². The van der Waals surface area contributed by atoms with E-state index >= 15 is 0 Å². The van der Waals surface area contributed by atoms with Gasteiger partial charge in [0.25, 0.3) is 5.91 Å². The van der Waals surface area contributed by atoms with Gasteiger partial charge in [0, 0.05) is 30.6 Å². The fourth-order valence-corrected chi connectivity index (χ4v) is 4.48. The topological polar surface area (TPSA) is 66.6 Å². The number of primary amides is 1. The van der Waals surface area contributed by atoms with E-state index in [2.05, 4.69) is 21.7 Å². The van der Waals surface area contributed by atoms with Crippen LogP contribution in [0.15, 0.2) is 41.1 Å². The number of hydrogen-bond donors (Lipinski definition) is 1. The second kappa shape index (κ2) is 7.21. The summed E-state index contributed by atoms with van der Waals surface area (Å²) >= 11 is 1.67. The Morgan fingerprint density at radius 3 is 2.27 bits per heavy atom. The predicted molar refractivity (Wildman–Crippen MR) is 103 cm³/mol. The van der Waals surface area contributed by atoms with E-state index in [0.29, 0.717) is 6.04 Å². The monoisotopic (exact) mass is 369 g/mol. The molecule has 6 heteroatoms. The van der Waals surface area contributed by atoms with E-state index in [4.69, 9.17) is 5.73 Å². The number of rotatable bonds is 4. The number of amides is 2. The average molecular weight is 369 g/mol. The summed E-state index contributed by atoms with van der Waals surface area (Å²) in [7, 11) is 0. The molecule has 0 bridgehead atoms. The van der Waals surface area contributed by atoms with E-state index in [-0.39, 0.29) is 17.7 Å². The lowest BCUT2D eigenvalue weighted by atomic mass is 9.93.